The SMILES string of the molecule is CN(C)c1ccc(CNc2nc3ccccc3n2CCN2CCOCC2)cc1. The van der Waals surface area contributed by atoms with Gasteiger partial charge in [-0.3, -0.25) is 4.90 Å². The lowest BCUT2D eigenvalue weighted by molar-refractivity contribution is 0.0366. The molecule has 0 radical (unpaired) electrons. The van der Waals surface area contributed by atoms with Crippen LogP contribution in [-0.2, 0) is 17.8 Å². The van der Waals surface area contributed by atoms with Gasteiger partial charge in [0.05, 0.1) is 24.2 Å². The van der Waals surface area contributed by atoms with Gasteiger partial charge in [0.25, 0.3) is 0 Å². The van der Waals surface area contributed by atoms with Crippen LogP contribution in [-0.4, -0.2) is 61.4 Å². The van der Waals surface area contributed by atoms with Crippen LogP contribution in [0.4, 0.5) is 11.6 Å². The second kappa shape index (κ2) is 8.63. The third kappa shape index (κ3) is 4.29. The van der Waals surface area contributed by atoms with Crippen molar-refractivity contribution in [1.29, 1.82) is 0 Å². The number of para-hydroxylation sites is 2. The molecular weight excluding hydrogens is 350 g/mol. The predicted molar refractivity (Wildman–Crippen MR) is 115 cm³/mol. The van der Waals surface area contributed by atoms with Crippen molar-refractivity contribution in [3.63, 3.8) is 0 Å². The lowest BCUT2D eigenvalue weighted by atomic mass is 10.2. The zero-order chi connectivity index (χ0) is 19.3. The van der Waals surface area contributed by atoms with Crippen molar-refractivity contribution >= 4 is 22.7 Å². The van der Waals surface area contributed by atoms with Crippen LogP contribution in [0.15, 0.2) is 48.5 Å². The zero-order valence-electron chi connectivity index (χ0n) is 16.8. The quantitative estimate of drug-likeness (QED) is 0.684. The number of anilines is 2. The number of morpholine rings is 1. The summed E-state index contributed by atoms with van der Waals surface area (Å²) in [6.45, 7) is 6.37. The van der Waals surface area contributed by atoms with Gasteiger partial charge in [-0.25, -0.2) is 4.98 Å². The summed E-state index contributed by atoms with van der Waals surface area (Å²) in [5, 5.41) is 3.55. The van der Waals surface area contributed by atoms with Gasteiger partial charge >= 0.3 is 0 Å². The van der Waals surface area contributed by atoms with Crippen LogP contribution in [0.5, 0.6) is 0 Å². The van der Waals surface area contributed by atoms with Gasteiger partial charge in [0, 0.05) is 52.5 Å². The molecule has 0 bridgehead atoms. The number of aromatic nitrogens is 2. The summed E-state index contributed by atoms with van der Waals surface area (Å²) in [5.74, 6) is 0.936. The lowest BCUT2D eigenvalue weighted by Gasteiger charge is -2.27. The molecule has 6 heteroatoms. The maximum atomic E-state index is 5.47. The fraction of sp³-hybridized carbons (Fsp3) is 0.409. The second-order valence-electron chi connectivity index (χ2n) is 7.44. The number of imidazole rings is 1. The molecule has 3 aromatic rings. The van der Waals surface area contributed by atoms with E-state index < -0.39 is 0 Å². The molecule has 0 amide bonds. The zero-order valence-corrected chi connectivity index (χ0v) is 16.8. The van der Waals surface area contributed by atoms with Crippen LogP contribution in [0.3, 0.4) is 0 Å². The molecule has 148 valence electrons. The van der Waals surface area contributed by atoms with E-state index in [-0.39, 0.29) is 0 Å². The number of fused-ring (bicyclic) bond motifs is 1. The summed E-state index contributed by atoms with van der Waals surface area (Å²) in [4.78, 5) is 9.41. The highest BCUT2D eigenvalue weighted by atomic mass is 16.5. The molecule has 1 saturated heterocycles. The Morgan fingerprint density at radius 2 is 1.75 bits per heavy atom. The molecule has 1 aliphatic rings. The number of ether oxygens (including phenoxy) is 1. The number of nitrogens with one attached hydrogen (secondary N) is 1. The Bertz CT molecular complexity index is 897. The Labute approximate surface area is 166 Å². The third-order valence-electron chi connectivity index (χ3n) is 5.30. The summed E-state index contributed by atoms with van der Waals surface area (Å²) in [5.41, 5.74) is 4.68. The van der Waals surface area contributed by atoms with E-state index in [1.54, 1.807) is 0 Å². The maximum Gasteiger partial charge on any atom is 0.204 e. The van der Waals surface area contributed by atoms with Crippen molar-refractivity contribution in [3.8, 4) is 0 Å². The number of hydrogen-bond acceptors (Lipinski definition) is 5. The maximum absolute atomic E-state index is 5.47. The molecule has 2 heterocycles. The fourth-order valence-electron chi connectivity index (χ4n) is 3.60. The molecule has 1 aromatic heterocycles. The smallest absolute Gasteiger partial charge is 0.204 e. The van der Waals surface area contributed by atoms with Crippen molar-refractivity contribution in [2.75, 3.05) is 57.2 Å². The van der Waals surface area contributed by atoms with Crippen molar-refractivity contribution in [3.05, 3.63) is 54.1 Å². The summed E-state index contributed by atoms with van der Waals surface area (Å²) in [7, 11) is 4.12. The average Bonchev–Trinajstić information content (AvgIpc) is 3.09. The Morgan fingerprint density at radius 3 is 2.50 bits per heavy atom. The van der Waals surface area contributed by atoms with Crippen LogP contribution >= 0.6 is 0 Å². The molecule has 28 heavy (non-hydrogen) atoms. The van der Waals surface area contributed by atoms with E-state index >= 15 is 0 Å². The van der Waals surface area contributed by atoms with Gasteiger partial charge < -0.3 is 19.5 Å². The first-order valence-electron chi connectivity index (χ1n) is 9.96. The first-order valence-corrected chi connectivity index (χ1v) is 9.96. The van der Waals surface area contributed by atoms with Crippen LogP contribution in [0.2, 0.25) is 0 Å². The van der Waals surface area contributed by atoms with Crippen LogP contribution in [0, 0.1) is 0 Å². The highest BCUT2D eigenvalue weighted by molar-refractivity contribution is 5.78. The van der Waals surface area contributed by atoms with E-state index in [0.717, 1.165) is 57.4 Å². The van der Waals surface area contributed by atoms with Crippen LogP contribution in [0.25, 0.3) is 11.0 Å². The first-order chi connectivity index (χ1) is 13.7. The number of benzene rings is 2. The monoisotopic (exact) mass is 379 g/mol. The van der Waals surface area contributed by atoms with E-state index in [4.69, 9.17) is 9.72 Å². The number of rotatable bonds is 7. The Balaban J connectivity index is 1.49. The molecule has 0 unspecified atom stereocenters. The first kappa shape index (κ1) is 18.8. The largest absolute Gasteiger partial charge is 0.379 e. The van der Waals surface area contributed by atoms with Gasteiger partial charge in [0.1, 0.15) is 0 Å². The molecule has 0 atom stereocenters. The summed E-state index contributed by atoms with van der Waals surface area (Å²) in [6.07, 6.45) is 0. The molecule has 2 aromatic carbocycles. The lowest BCUT2D eigenvalue weighted by Crippen LogP contribution is -2.38. The highest BCUT2D eigenvalue weighted by Gasteiger charge is 2.14. The summed E-state index contributed by atoms with van der Waals surface area (Å²) < 4.78 is 7.77. The minimum atomic E-state index is 0.759. The van der Waals surface area contributed by atoms with Gasteiger partial charge in [0.15, 0.2) is 0 Å². The molecule has 0 aliphatic carbocycles. The van der Waals surface area contributed by atoms with E-state index in [1.807, 2.05) is 6.07 Å². The van der Waals surface area contributed by atoms with Gasteiger partial charge in [-0.2, -0.15) is 0 Å². The molecule has 4 rings (SSSR count). The molecule has 0 saturated carbocycles. The van der Waals surface area contributed by atoms with E-state index in [1.165, 1.54) is 16.8 Å². The van der Waals surface area contributed by atoms with Crippen molar-refractivity contribution in [1.82, 2.24) is 14.5 Å². The van der Waals surface area contributed by atoms with E-state index in [9.17, 15) is 0 Å². The third-order valence-corrected chi connectivity index (χ3v) is 5.30. The molecule has 1 aliphatic heterocycles. The van der Waals surface area contributed by atoms with Gasteiger partial charge in [-0.05, 0) is 29.8 Å². The van der Waals surface area contributed by atoms with Crippen molar-refractivity contribution in [2.24, 2.45) is 0 Å². The van der Waals surface area contributed by atoms with Crippen LogP contribution < -0.4 is 10.2 Å². The minimum absolute atomic E-state index is 0.759. The van der Waals surface area contributed by atoms with E-state index in [0.29, 0.717) is 0 Å². The summed E-state index contributed by atoms with van der Waals surface area (Å²) in [6, 6.07) is 17.0. The minimum Gasteiger partial charge on any atom is -0.379 e. The topological polar surface area (TPSA) is 45.6 Å². The second-order valence-corrected chi connectivity index (χ2v) is 7.44. The molecule has 1 N–H and O–H groups in total. The molecule has 6 nitrogen and oxygen atoms in total. The fourth-order valence-corrected chi connectivity index (χ4v) is 3.60. The normalized spacial score (nSPS) is 15.1. The standard InChI is InChI=1S/C22H29N5O/c1-25(2)19-9-7-18(8-10-19)17-23-22-24-20-5-3-4-6-21(20)27(22)12-11-26-13-15-28-16-14-26/h3-10H,11-17H2,1-2H3,(H,23,24). The Hall–Kier alpha value is -2.57. The van der Waals surface area contributed by atoms with Crippen molar-refractivity contribution in [2.45, 2.75) is 13.1 Å². The highest BCUT2D eigenvalue weighted by Crippen LogP contribution is 2.21. The van der Waals surface area contributed by atoms with Gasteiger partial charge in [-0.15, -0.1) is 0 Å². The van der Waals surface area contributed by atoms with Crippen molar-refractivity contribution < 1.29 is 4.74 Å². The Kier molecular flexibility index (Phi) is 5.78. The average molecular weight is 380 g/mol. The van der Waals surface area contributed by atoms with Crippen LogP contribution in [0.1, 0.15) is 5.56 Å². The Morgan fingerprint density at radius 1 is 1.00 bits per heavy atom. The van der Waals surface area contributed by atoms with Gasteiger partial charge in [-0.1, -0.05) is 24.3 Å². The molecule has 0 spiro atoms. The predicted octanol–water partition coefficient (Wildman–Crippen LogP) is 3.05. The molecule has 1 fully saturated rings. The van der Waals surface area contributed by atoms with E-state index in [2.05, 4.69) is 76.2 Å². The van der Waals surface area contributed by atoms with Gasteiger partial charge in [0.2, 0.25) is 5.95 Å². The number of nitrogens with zero attached hydrogens (tertiary/aromatic N) is 4. The number of hydrogen-bond donors (Lipinski definition) is 1. The summed E-state index contributed by atoms with van der Waals surface area (Å²) >= 11 is 0. The molecular formula is C22H29N5O.